The number of rotatable bonds is 5. The SMILES string of the molecule is C=Cc1ccccc1S(=O)(=O)O/C(C)=C(\C)C(=O)[O-].[Na+]. The van der Waals surface area contributed by atoms with Gasteiger partial charge in [-0.15, -0.1) is 0 Å². The Hall–Kier alpha value is -1.08. The Morgan fingerprint density at radius 1 is 1.30 bits per heavy atom. The molecule has 0 amide bonds. The number of carbonyl (C=O) groups excluding carboxylic acids is 1. The molecule has 1 rings (SSSR count). The van der Waals surface area contributed by atoms with E-state index < -0.39 is 16.1 Å². The van der Waals surface area contributed by atoms with Crippen LogP contribution in [-0.4, -0.2) is 14.4 Å². The average Bonchev–Trinajstić information content (AvgIpc) is 2.37. The fourth-order valence-corrected chi connectivity index (χ4v) is 2.52. The molecule has 7 heteroatoms. The van der Waals surface area contributed by atoms with Crippen molar-refractivity contribution in [3.63, 3.8) is 0 Å². The fraction of sp³-hybridized carbons (Fsp3) is 0.154. The minimum atomic E-state index is -4.10. The van der Waals surface area contributed by atoms with Crippen LogP contribution in [0.15, 0.2) is 47.1 Å². The smallest absolute Gasteiger partial charge is 0.545 e. The van der Waals surface area contributed by atoms with E-state index in [1.165, 1.54) is 32.1 Å². The fourth-order valence-electron chi connectivity index (χ4n) is 1.29. The normalized spacial score (nSPS) is 11.9. The van der Waals surface area contributed by atoms with Gasteiger partial charge in [-0.2, -0.15) is 8.42 Å². The minimum Gasteiger partial charge on any atom is -0.545 e. The molecule has 0 aliphatic rings. The van der Waals surface area contributed by atoms with Crippen molar-refractivity contribution in [2.75, 3.05) is 0 Å². The summed E-state index contributed by atoms with van der Waals surface area (Å²) in [5, 5.41) is 10.6. The van der Waals surface area contributed by atoms with Crippen molar-refractivity contribution < 1.29 is 52.1 Å². The Bertz CT molecular complexity index is 646. The number of carbonyl (C=O) groups is 1. The monoisotopic (exact) mass is 304 g/mol. The molecule has 5 nitrogen and oxygen atoms in total. The van der Waals surface area contributed by atoms with Crippen LogP contribution in [-0.2, 0) is 19.1 Å². The van der Waals surface area contributed by atoms with Crippen LogP contribution in [0.5, 0.6) is 0 Å². The van der Waals surface area contributed by atoms with Crippen LogP contribution in [0.2, 0.25) is 0 Å². The quantitative estimate of drug-likeness (QED) is 0.274. The van der Waals surface area contributed by atoms with Gasteiger partial charge in [-0.05, 0) is 25.5 Å². The Morgan fingerprint density at radius 2 is 1.85 bits per heavy atom. The molecule has 0 unspecified atom stereocenters. The number of hydrogen-bond donors (Lipinski definition) is 0. The van der Waals surface area contributed by atoms with Gasteiger partial charge in [-0.25, -0.2) is 0 Å². The van der Waals surface area contributed by atoms with Gasteiger partial charge in [-0.3, -0.25) is 0 Å². The van der Waals surface area contributed by atoms with Gasteiger partial charge in [-0.1, -0.05) is 30.9 Å². The van der Waals surface area contributed by atoms with E-state index in [1.807, 2.05) is 0 Å². The molecule has 1 aromatic rings. The summed E-state index contributed by atoms with van der Waals surface area (Å²) in [5.74, 6) is -1.72. The summed E-state index contributed by atoms with van der Waals surface area (Å²) in [5.41, 5.74) is 0.0982. The largest absolute Gasteiger partial charge is 1.00 e. The molecule has 0 saturated carbocycles. The third-order valence-corrected chi connectivity index (χ3v) is 3.86. The van der Waals surface area contributed by atoms with Crippen molar-refractivity contribution in [3.8, 4) is 0 Å². The summed E-state index contributed by atoms with van der Waals surface area (Å²) in [6.07, 6.45) is 1.38. The second-order valence-corrected chi connectivity index (χ2v) is 5.26. The molecule has 0 aliphatic heterocycles. The second kappa shape index (κ2) is 7.64. The second-order valence-electron chi connectivity index (χ2n) is 3.75. The van der Waals surface area contributed by atoms with Crippen LogP contribution < -0.4 is 34.7 Å². The molecule has 20 heavy (non-hydrogen) atoms. The first-order valence-corrected chi connectivity index (χ1v) is 6.75. The first-order chi connectivity index (χ1) is 8.79. The van der Waals surface area contributed by atoms with Crippen molar-refractivity contribution in [2.24, 2.45) is 0 Å². The van der Waals surface area contributed by atoms with E-state index in [0.717, 1.165) is 0 Å². The maximum atomic E-state index is 12.0. The number of carboxylic acids is 1. The number of benzene rings is 1. The standard InChI is InChI=1S/C13H14O5S.Na/c1-4-11-7-5-6-8-12(11)19(16,17)18-10(3)9(2)13(14)15;/h4-8H,1H2,2-3H3,(H,14,15);/q;+1/p-1/b10-9+;. The molecule has 0 saturated heterocycles. The molecule has 0 atom stereocenters. The van der Waals surface area contributed by atoms with Gasteiger partial charge in [0.1, 0.15) is 10.7 Å². The van der Waals surface area contributed by atoms with Gasteiger partial charge >= 0.3 is 39.7 Å². The molecule has 0 spiro atoms. The van der Waals surface area contributed by atoms with Crippen molar-refractivity contribution in [1.29, 1.82) is 0 Å². The Labute approximate surface area is 140 Å². The molecular formula is C13H13NaO5S. The zero-order valence-electron chi connectivity index (χ0n) is 11.5. The van der Waals surface area contributed by atoms with Gasteiger partial charge in [0.2, 0.25) is 0 Å². The summed E-state index contributed by atoms with van der Waals surface area (Å²) >= 11 is 0. The van der Waals surface area contributed by atoms with Crippen molar-refractivity contribution in [1.82, 2.24) is 0 Å². The summed E-state index contributed by atoms with van der Waals surface area (Å²) in [6.45, 7) is 5.97. The van der Waals surface area contributed by atoms with E-state index >= 15 is 0 Å². The van der Waals surface area contributed by atoms with Gasteiger partial charge < -0.3 is 14.1 Å². The van der Waals surface area contributed by atoms with Crippen molar-refractivity contribution in [3.05, 3.63) is 47.7 Å². The number of hydrogen-bond acceptors (Lipinski definition) is 5. The summed E-state index contributed by atoms with van der Waals surface area (Å²) in [7, 11) is -4.10. The summed E-state index contributed by atoms with van der Waals surface area (Å²) in [6, 6.07) is 6.11. The van der Waals surface area contributed by atoms with Crippen molar-refractivity contribution >= 4 is 22.2 Å². The zero-order valence-corrected chi connectivity index (χ0v) is 14.4. The Kier molecular flexibility index (Phi) is 7.22. The summed E-state index contributed by atoms with van der Waals surface area (Å²) < 4.78 is 28.8. The van der Waals surface area contributed by atoms with Crippen LogP contribution in [0.1, 0.15) is 19.4 Å². The molecule has 0 fully saturated rings. The van der Waals surface area contributed by atoms with E-state index in [-0.39, 0.29) is 45.8 Å². The predicted octanol–water partition coefficient (Wildman–Crippen LogP) is -1.92. The van der Waals surface area contributed by atoms with Crippen LogP contribution in [0.3, 0.4) is 0 Å². The minimum absolute atomic E-state index is 0. The van der Waals surface area contributed by atoms with Crippen LogP contribution in [0.4, 0.5) is 0 Å². The first-order valence-electron chi connectivity index (χ1n) is 5.34. The van der Waals surface area contributed by atoms with Crippen LogP contribution in [0, 0.1) is 0 Å². The number of carboxylic acid groups (broad SMARTS) is 1. The summed E-state index contributed by atoms with van der Waals surface area (Å²) in [4.78, 5) is 10.6. The van der Waals surface area contributed by atoms with Crippen LogP contribution >= 0.6 is 0 Å². The van der Waals surface area contributed by atoms with E-state index in [9.17, 15) is 18.3 Å². The van der Waals surface area contributed by atoms with Crippen LogP contribution in [0.25, 0.3) is 6.08 Å². The third-order valence-electron chi connectivity index (χ3n) is 2.48. The molecule has 102 valence electrons. The molecule has 0 aliphatic carbocycles. The molecule has 0 N–H and O–H groups in total. The van der Waals surface area contributed by atoms with Gasteiger partial charge in [0, 0.05) is 5.57 Å². The molecule has 0 aromatic heterocycles. The predicted molar refractivity (Wildman–Crippen MR) is 68.2 cm³/mol. The van der Waals surface area contributed by atoms with E-state index in [2.05, 4.69) is 6.58 Å². The number of aliphatic carboxylic acids is 1. The molecule has 0 radical (unpaired) electrons. The van der Waals surface area contributed by atoms with E-state index in [1.54, 1.807) is 12.1 Å². The Morgan fingerprint density at radius 3 is 2.35 bits per heavy atom. The average molecular weight is 304 g/mol. The van der Waals surface area contributed by atoms with Gasteiger partial charge in [0.15, 0.2) is 0 Å². The maximum Gasteiger partial charge on any atom is 1.00 e. The number of allylic oxidation sites excluding steroid dienone is 1. The molecule has 0 heterocycles. The van der Waals surface area contributed by atoms with Gasteiger partial charge in [0.25, 0.3) is 0 Å². The zero-order chi connectivity index (χ0) is 14.6. The molecule has 1 aromatic carbocycles. The third kappa shape index (κ3) is 4.49. The molecular weight excluding hydrogens is 291 g/mol. The van der Waals surface area contributed by atoms with Gasteiger partial charge in [0.05, 0.1) is 5.97 Å². The molecule has 0 bridgehead atoms. The van der Waals surface area contributed by atoms with E-state index in [0.29, 0.717) is 5.56 Å². The Balaban J connectivity index is 0.00000361. The topological polar surface area (TPSA) is 83.5 Å². The van der Waals surface area contributed by atoms with Crippen molar-refractivity contribution in [2.45, 2.75) is 18.7 Å². The maximum absolute atomic E-state index is 12.0. The first kappa shape index (κ1) is 18.9. The van der Waals surface area contributed by atoms with E-state index in [4.69, 9.17) is 4.18 Å².